The topological polar surface area (TPSA) is 57.2 Å². The molecule has 1 aromatic heterocycles. The summed E-state index contributed by atoms with van der Waals surface area (Å²) in [7, 11) is 2.20. The van der Waals surface area contributed by atoms with Crippen molar-refractivity contribution in [2.45, 2.75) is 16.4 Å². The van der Waals surface area contributed by atoms with Crippen LogP contribution in [0.3, 0.4) is 0 Å². The first-order chi connectivity index (χ1) is 6.02. The minimum atomic E-state index is -1.16. The molecule has 0 aliphatic rings. The molecule has 0 aromatic carbocycles. The van der Waals surface area contributed by atoms with E-state index in [1.807, 2.05) is 0 Å². The molecular weight excluding hydrogens is 252 g/mol. The molecule has 7 heteroatoms. The normalized spacial score (nSPS) is 12.8. The van der Waals surface area contributed by atoms with Crippen molar-refractivity contribution in [1.29, 1.82) is 0 Å². The summed E-state index contributed by atoms with van der Waals surface area (Å²) in [6, 6.07) is 0. The van der Waals surface area contributed by atoms with E-state index in [4.69, 9.17) is 11.6 Å². The van der Waals surface area contributed by atoms with Crippen molar-refractivity contribution in [2.75, 3.05) is 0 Å². The van der Waals surface area contributed by atoms with Crippen molar-refractivity contribution < 1.29 is 9.90 Å². The van der Waals surface area contributed by atoms with Gasteiger partial charge >= 0.3 is 0 Å². The van der Waals surface area contributed by atoms with Gasteiger partial charge in [0.05, 0.1) is 10.2 Å². The molecule has 1 aromatic rings. The van der Waals surface area contributed by atoms with Gasteiger partial charge in [-0.2, -0.15) is 0 Å². The summed E-state index contributed by atoms with van der Waals surface area (Å²) in [6.45, 7) is 1.49. The summed E-state index contributed by atoms with van der Waals surface area (Å²) in [5.41, 5.74) is 0. The second-order valence-corrected chi connectivity index (χ2v) is 6.23. The number of halogens is 1. The van der Waals surface area contributed by atoms with Crippen LogP contribution in [0.4, 0.5) is 0 Å². The first-order valence-corrected chi connectivity index (χ1v) is 6.59. The Hall–Kier alpha value is -0.0400. The molecule has 0 saturated heterocycles. The van der Waals surface area contributed by atoms with Gasteiger partial charge in [-0.3, -0.25) is 4.79 Å². The Bertz CT molecular complexity index is 369. The van der Waals surface area contributed by atoms with Crippen LogP contribution in [0.1, 0.15) is 6.92 Å². The molecule has 0 amide bonds. The van der Waals surface area contributed by atoms with Crippen molar-refractivity contribution >= 4 is 50.0 Å². The lowest BCUT2D eigenvalue weighted by Crippen LogP contribution is -2.31. The van der Waals surface area contributed by atoms with Crippen LogP contribution in [0, 0.1) is 0 Å². The fourth-order valence-electron chi connectivity index (χ4n) is 0.512. The van der Waals surface area contributed by atoms with Gasteiger partial charge in [0.1, 0.15) is 5.02 Å². The van der Waals surface area contributed by atoms with E-state index in [0.717, 1.165) is 22.1 Å². The van der Waals surface area contributed by atoms with E-state index in [2.05, 4.69) is 0 Å². The van der Waals surface area contributed by atoms with Gasteiger partial charge < -0.3 is 9.90 Å². The molecule has 1 rings (SSSR count). The minimum absolute atomic E-state index is 0.119. The van der Waals surface area contributed by atoms with Crippen LogP contribution < -0.4 is 9.85 Å². The Morgan fingerprint density at radius 3 is 2.62 bits per heavy atom. The molecule has 1 atom stereocenters. The second-order valence-electron chi connectivity index (χ2n) is 2.13. The van der Waals surface area contributed by atoms with E-state index in [-0.39, 0.29) is 9.77 Å². The van der Waals surface area contributed by atoms with Gasteiger partial charge in [-0.05, 0) is 17.3 Å². The number of carbonyl (C=O) groups excluding carboxylic acids is 1. The molecule has 0 N–H and O–H groups in total. The summed E-state index contributed by atoms with van der Waals surface area (Å²) in [6.07, 6.45) is 0. The highest BCUT2D eigenvalue weighted by Crippen LogP contribution is 2.34. The van der Waals surface area contributed by atoms with Gasteiger partial charge in [-0.25, -0.2) is 0 Å². The summed E-state index contributed by atoms with van der Waals surface area (Å²) in [5.74, 6) is -1.16. The van der Waals surface area contributed by atoms with Crippen LogP contribution in [0.15, 0.2) is 9.00 Å². The Balaban J connectivity index is 2.80. The van der Waals surface area contributed by atoms with Crippen molar-refractivity contribution in [3.8, 4) is 0 Å². The maximum Gasteiger partial charge on any atom is 0.262 e. The van der Waals surface area contributed by atoms with Crippen LogP contribution in [-0.4, -0.2) is 11.2 Å². The predicted octanol–water partition coefficient (Wildman–Crippen LogP) is 1.05. The van der Waals surface area contributed by atoms with Crippen LogP contribution in [0.2, 0.25) is 5.02 Å². The van der Waals surface area contributed by atoms with E-state index in [9.17, 15) is 14.7 Å². The molecule has 0 unspecified atom stereocenters. The fourth-order valence-corrected chi connectivity index (χ4v) is 4.59. The number of carbonyl (C=O) groups is 1. The van der Waals surface area contributed by atoms with Gasteiger partial charge in [0.2, 0.25) is 0 Å². The lowest BCUT2D eigenvalue weighted by atomic mass is 10.5. The number of hydrogen-bond acceptors (Lipinski definition) is 6. The first-order valence-electron chi connectivity index (χ1n) is 3.18. The fraction of sp³-hybridized carbons (Fsp3) is 0.333. The zero-order valence-corrected chi connectivity index (χ0v) is 9.61. The minimum Gasteiger partial charge on any atom is -0.549 e. The summed E-state index contributed by atoms with van der Waals surface area (Å²) < 4.78 is 0.327. The number of carboxylic acids is 1. The monoisotopic (exact) mass is 255 g/mol. The highest BCUT2D eigenvalue weighted by atomic mass is 35.5. The van der Waals surface area contributed by atoms with Gasteiger partial charge in [0, 0.05) is 5.25 Å². The maximum absolute atomic E-state index is 10.9. The van der Waals surface area contributed by atoms with Crippen molar-refractivity contribution in [3.63, 3.8) is 0 Å². The van der Waals surface area contributed by atoms with Gasteiger partial charge in [-0.15, -0.1) is 11.8 Å². The lowest BCUT2D eigenvalue weighted by molar-refractivity contribution is -0.304. The molecule has 0 radical (unpaired) electrons. The average Bonchev–Trinajstić information content (AvgIpc) is 2.36. The van der Waals surface area contributed by atoms with Crippen molar-refractivity contribution in [1.82, 2.24) is 0 Å². The molecule has 0 fully saturated rings. The molecule has 0 aliphatic carbocycles. The molecule has 0 spiro atoms. The molecule has 3 nitrogen and oxygen atoms in total. The van der Waals surface area contributed by atoms with E-state index in [0.29, 0.717) is 4.21 Å². The standard InChI is InChI=1S/C6H5ClO3S3/c1-2(4(8)9)11-6-3(7)5(10)12-13-6/h2H,1H3,(H,8,9)/p-1/t2-/m1/s1. The van der Waals surface area contributed by atoms with E-state index < -0.39 is 11.2 Å². The Kier molecular flexibility index (Phi) is 3.78. The van der Waals surface area contributed by atoms with E-state index >= 15 is 0 Å². The molecule has 0 aliphatic heterocycles. The number of carboxylic acid groups (broad SMARTS) is 1. The Morgan fingerprint density at radius 1 is 1.62 bits per heavy atom. The van der Waals surface area contributed by atoms with E-state index in [1.54, 1.807) is 0 Å². The third kappa shape index (κ3) is 2.70. The molecule has 0 bridgehead atoms. The summed E-state index contributed by atoms with van der Waals surface area (Å²) >= 11 is 6.67. The third-order valence-electron chi connectivity index (χ3n) is 1.17. The summed E-state index contributed by atoms with van der Waals surface area (Å²) in [4.78, 5) is 21.3. The number of rotatable bonds is 3. The van der Waals surface area contributed by atoms with E-state index in [1.165, 1.54) is 17.3 Å². The van der Waals surface area contributed by atoms with Crippen LogP contribution in [0.5, 0.6) is 0 Å². The molecule has 72 valence electrons. The molecule has 1 heterocycles. The zero-order chi connectivity index (χ0) is 10.0. The second kappa shape index (κ2) is 4.45. The Labute approximate surface area is 90.7 Å². The van der Waals surface area contributed by atoms with Crippen LogP contribution >= 0.6 is 44.0 Å². The number of aliphatic carboxylic acids is 1. The van der Waals surface area contributed by atoms with Crippen molar-refractivity contribution in [3.05, 3.63) is 14.6 Å². The SMILES string of the molecule is C[C@@H](Sc1ssc(=O)c1Cl)C(=O)[O-]. The third-order valence-corrected chi connectivity index (χ3v) is 5.68. The highest BCUT2D eigenvalue weighted by molar-refractivity contribution is 8.04. The van der Waals surface area contributed by atoms with Crippen LogP contribution in [-0.2, 0) is 4.79 Å². The van der Waals surface area contributed by atoms with Crippen molar-refractivity contribution in [2.24, 2.45) is 0 Å². The van der Waals surface area contributed by atoms with Gasteiger partial charge in [-0.1, -0.05) is 21.9 Å². The average molecular weight is 256 g/mol. The smallest absolute Gasteiger partial charge is 0.262 e. The number of thioether (sulfide) groups is 1. The lowest BCUT2D eigenvalue weighted by Gasteiger charge is -2.09. The molecular formula is C6H4ClO3S3-. The van der Waals surface area contributed by atoms with Gasteiger partial charge in [0.15, 0.2) is 0 Å². The first kappa shape index (κ1) is 11.0. The van der Waals surface area contributed by atoms with Crippen LogP contribution in [0.25, 0.3) is 0 Å². The Morgan fingerprint density at radius 2 is 2.23 bits per heavy atom. The van der Waals surface area contributed by atoms with Gasteiger partial charge in [0.25, 0.3) is 4.74 Å². The highest BCUT2D eigenvalue weighted by Gasteiger charge is 2.13. The number of hydrogen-bond donors (Lipinski definition) is 0. The quantitative estimate of drug-likeness (QED) is 0.599. The molecule has 0 saturated carbocycles. The molecule has 13 heavy (non-hydrogen) atoms. The predicted molar refractivity (Wildman–Crippen MR) is 53.8 cm³/mol. The zero-order valence-electron chi connectivity index (χ0n) is 6.40. The maximum atomic E-state index is 10.9. The summed E-state index contributed by atoms with van der Waals surface area (Å²) in [5, 5.41) is 9.80. The largest absolute Gasteiger partial charge is 0.549 e.